The highest BCUT2D eigenvalue weighted by molar-refractivity contribution is 6.31. The summed E-state index contributed by atoms with van der Waals surface area (Å²) in [6.07, 6.45) is 0. The first-order valence-corrected chi connectivity index (χ1v) is 7.15. The highest BCUT2D eigenvalue weighted by atomic mass is 35.5. The van der Waals surface area contributed by atoms with Crippen LogP contribution in [0.15, 0.2) is 30.3 Å². The minimum atomic E-state index is -0.201. The maximum atomic E-state index is 6.40. The van der Waals surface area contributed by atoms with Crippen molar-refractivity contribution in [3.8, 4) is 0 Å². The SMILES string of the molecule is Cc1cc(Cl)c(C(N)c2ccc3c(c2)COC3)cc1C. The lowest BCUT2D eigenvalue weighted by Crippen LogP contribution is -2.13. The van der Waals surface area contributed by atoms with Gasteiger partial charge in [-0.15, -0.1) is 0 Å². The van der Waals surface area contributed by atoms with Gasteiger partial charge in [-0.1, -0.05) is 35.9 Å². The average Bonchev–Trinajstić information content (AvgIpc) is 2.89. The van der Waals surface area contributed by atoms with Crippen LogP contribution in [0, 0.1) is 13.8 Å². The van der Waals surface area contributed by atoms with Crippen LogP contribution < -0.4 is 5.73 Å². The molecule has 1 heterocycles. The summed E-state index contributed by atoms with van der Waals surface area (Å²) in [7, 11) is 0. The highest BCUT2D eigenvalue weighted by Crippen LogP contribution is 2.31. The van der Waals surface area contributed by atoms with Gasteiger partial charge in [-0.25, -0.2) is 0 Å². The zero-order valence-electron chi connectivity index (χ0n) is 11.7. The Morgan fingerprint density at radius 2 is 1.75 bits per heavy atom. The fourth-order valence-electron chi connectivity index (χ4n) is 2.61. The summed E-state index contributed by atoms with van der Waals surface area (Å²) >= 11 is 6.36. The van der Waals surface area contributed by atoms with Crippen LogP contribution in [0.5, 0.6) is 0 Å². The Balaban J connectivity index is 2.00. The summed E-state index contributed by atoms with van der Waals surface area (Å²) in [5.74, 6) is 0. The maximum Gasteiger partial charge on any atom is 0.0725 e. The van der Waals surface area contributed by atoms with Crippen molar-refractivity contribution in [3.05, 3.63) is 68.7 Å². The van der Waals surface area contributed by atoms with E-state index in [0.29, 0.717) is 13.2 Å². The summed E-state index contributed by atoms with van der Waals surface area (Å²) in [6.45, 7) is 5.52. The first-order valence-electron chi connectivity index (χ1n) is 6.78. The fourth-order valence-corrected chi connectivity index (χ4v) is 2.94. The zero-order valence-corrected chi connectivity index (χ0v) is 12.5. The van der Waals surface area contributed by atoms with Gasteiger partial charge in [0.2, 0.25) is 0 Å². The Morgan fingerprint density at radius 1 is 1.05 bits per heavy atom. The molecule has 104 valence electrons. The van der Waals surface area contributed by atoms with Crippen molar-refractivity contribution in [1.29, 1.82) is 0 Å². The zero-order chi connectivity index (χ0) is 14.3. The molecule has 20 heavy (non-hydrogen) atoms. The molecule has 0 radical (unpaired) electrons. The molecular formula is C17H18ClNO. The Labute approximate surface area is 124 Å². The first-order chi connectivity index (χ1) is 9.56. The molecule has 2 N–H and O–H groups in total. The third-order valence-corrected chi connectivity index (χ3v) is 4.38. The molecule has 0 saturated heterocycles. The van der Waals surface area contributed by atoms with Crippen molar-refractivity contribution < 1.29 is 4.74 Å². The summed E-state index contributed by atoms with van der Waals surface area (Å²) in [5, 5.41) is 0.734. The van der Waals surface area contributed by atoms with Crippen LogP contribution in [0.2, 0.25) is 5.02 Å². The van der Waals surface area contributed by atoms with Crippen molar-refractivity contribution in [2.75, 3.05) is 0 Å². The molecule has 1 aliphatic rings. The Kier molecular flexibility index (Phi) is 3.55. The molecule has 0 spiro atoms. The van der Waals surface area contributed by atoms with Crippen LogP contribution in [-0.4, -0.2) is 0 Å². The first kappa shape index (κ1) is 13.6. The Morgan fingerprint density at radius 3 is 2.55 bits per heavy atom. The van der Waals surface area contributed by atoms with Gasteiger partial charge in [-0.05, 0) is 53.3 Å². The quantitative estimate of drug-likeness (QED) is 0.905. The van der Waals surface area contributed by atoms with Gasteiger partial charge in [0, 0.05) is 5.02 Å². The smallest absolute Gasteiger partial charge is 0.0725 e. The molecule has 0 aliphatic carbocycles. The lowest BCUT2D eigenvalue weighted by Gasteiger charge is -2.17. The van der Waals surface area contributed by atoms with Crippen LogP contribution in [-0.2, 0) is 18.0 Å². The van der Waals surface area contributed by atoms with Crippen molar-refractivity contribution in [1.82, 2.24) is 0 Å². The summed E-state index contributed by atoms with van der Waals surface area (Å²) < 4.78 is 5.45. The van der Waals surface area contributed by atoms with Gasteiger partial charge >= 0.3 is 0 Å². The second-order valence-corrected chi connectivity index (χ2v) is 5.86. The van der Waals surface area contributed by atoms with Gasteiger partial charge in [0.1, 0.15) is 0 Å². The lowest BCUT2D eigenvalue weighted by atomic mass is 9.94. The number of rotatable bonds is 2. The summed E-state index contributed by atoms with van der Waals surface area (Å²) in [4.78, 5) is 0. The molecule has 0 aromatic heterocycles. The number of nitrogens with two attached hydrogens (primary N) is 1. The van der Waals surface area contributed by atoms with Crippen molar-refractivity contribution in [2.45, 2.75) is 33.1 Å². The van der Waals surface area contributed by atoms with E-state index in [-0.39, 0.29) is 6.04 Å². The number of hydrogen-bond donors (Lipinski definition) is 1. The molecular weight excluding hydrogens is 270 g/mol. The number of hydrogen-bond acceptors (Lipinski definition) is 2. The predicted molar refractivity (Wildman–Crippen MR) is 81.9 cm³/mol. The molecule has 0 saturated carbocycles. The van der Waals surface area contributed by atoms with E-state index in [1.165, 1.54) is 22.3 Å². The standard InChI is InChI=1S/C17H18ClNO/c1-10-5-15(16(18)6-11(10)2)17(19)12-3-4-13-8-20-9-14(13)7-12/h3-7,17H,8-9,19H2,1-2H3. The highest BCUT2D eigenvalue weighted by Gasteiger charge is 2.17. The molecule has 0 fully saturated rings. The van der Waals surface area contributed by atoms with Gasteiger partial charge in [0.25, 0.3) is 0 Å². The van der Waals surface area contributed by atoms with Crippen LogP contribution >= 0.6 is 11.6 Å². The Bertz CT molecular complexity index is 666. The minimum absolute atomic E-state index is 0.201. The molecule has 1 unspecified atom stereocenters. The average molecular weight is 288 g/mol. The second-order valence-electron chi connectivity index (χ2n) is 5.46. The van der Waals surface area contributed by atoms with E-state index < -0.39 is 0 Å². The van der Waals surface area contributed by atoms with Crippen LogP contribution in [0.25, 0.3) is 0 Å². The van der Waals surface area contributed by atoms with Gasteiger partial charge in [-0.3, -0.25) is 0 Å². The fraction of sp³-hybridized carbons (Fsp3) is 0.294. The molecule has 0 amide bonds. The normalized spacial score (nSPS) is 15.2. The summed E-state index contributed by atoms with van der Waals surface area (Å²) in [6, 6.07) is 10.2. The van der Waals surface area contributed by atoms with Gasteiger partial charge in [-0.2, -0.15) is 0 Å². The third-order valence-electron chi connectivity index (χ3n) is 4.05. The predicted octanol–water partition coefficient (Wildman–Crippen LogP) is 4.04. The maximum absolute atomic E-state index is 6.40. The van der Waals surface area contributed by atoms with Crippen LogP contribution in [0.4, 0.5) is 0 Å². The topological polar surface area (TPSA) is 35.2 Å². The molecule has 2 nitrogen and oxygen atoms in total. The van der Waals surface area contributed by atoms with Crippen LogP contribution in [0.1, 0.15) is 39.4 Å². The monoisotopic (exact) mass is 287 g/mol. The number of halogens is 1. The van der Waals surface area contributed by atoms with E-state index in [4.69, 9.17) is 22.1 Å². The third kappa shape index (κ3) is 2.35. The van der Waals surface area contributed by atoms with E-state index in [9.17, 15) is 0 Å². The van der Waals surface area contributed by atoms with E-state index >= 15 is 0 Å². The molecule has 2 aromatic carbocycles. The molecule has 2 aromatic rings. The summed E-state index contributed by atoms with van der Waals surface area (Å²) in [5.41, 5.74) is 13.4. The molecule has 1 aliphatic heterocycles. The molecule has 3 heteroatoms. The minimum Gasteiger partial charge on any atom is -0.372 e. The lowest BCUT2D eigenvalue weighted by molar-refractivity contribution is 0.134. The van der Waals surface area contributed by atoms with Crippen molar-refractivity contribution >= 4 is 11.6 Å². The number of ether oxygens (including phenoxy) is 1. The molecule has 1 atom stereocenters. The Hall–Kier alpha value is -1.35. The largest absolute Gasteiger partial charge is 0.372 e. The van der Waals surface area contributed by atoms with E-state index in [2.05, 4.69) is 38.1 Å². The van der Waals surface area contributed by atoms with Gasteiger partial charge < -0.3 is 10.5 Å². The van der Waals surface area contributed by atoms with Crippen LogP contribution in [0.3, 0.4) is 0 Å². The van der Waals surface area contributed by atoms with E-state index in [1.807, 2.05) is 6.07 Å². The van der Waals surface area contributed by atoms with Gasteiger partial charge in [0.05, 0.1) is 19.3 Å². The van der Waals surface area contributed by atoms with Crippen molar-refractivity contribution in [2.24, 2.45) is 5.73 Å². The number of fused-ring (bicyclic) bond motifs is 1. The van der Waals surface area contributed by atoms with Crippen molar-refractivity contribution in [3.63, 3.8) is 0 Å². The second kappa shape index (κ2) is 5.21. The van der Waals surface area contributed by atoms with E-state index in [1.54, 1.807) is 0 Å². The van der Waals surface area contributed by atoms with Gasteiger partial charge in [0.15, 0.2) is 0 Å². The molecule has 3 rings (SSSR count). The molecule has 0 bridgehead atoms. The number of benzene rings is 2. The van der Waals surface area contributed by atoms with E-state index in [0.717, 1.165) is 16.1 Å². The number of aryl methyl sites for hydroxylation is 2.